The second kappa shape index (κ2) is 6.77. The van der Waals surface area contributed by atoms with E-state index in [1.165, 1.54) is 4.68 Å². The molecular weight excluding hydrogens is 302 g/mol. The summed E-state index contributed by atoms with van der Waals surface area (Å²) >= 11 is 6.07. The van der Waals surface area contributed by atoms with Crippen molar-refractivity contribution >= 4 is 29.1 Å². The Morgan fingerprint density at radius 1 is 1.41 bits per heavy atom. The molecular formula is C15H12ClN5O. The van der Waals surface area contributed by atoms with Gasteiger partial charge in [-0.15, -0.1) is 0 Å². The molecule has 7 heteroatoms. The number of rotatable bonds is 4. The quantitative estimate of drug-likeness (QED) is 0.839. The van der Waals surface area contributed by atoms with Crippen molar-refractivity contribution in [2.24, 2.45) is 0 Å². The number of nitrogens with zero attached hydrogens (tertiary/aromatic N) is 4. The van der Waals surface area contributed by atoms with Crippen molar-refractivity contribution in [3.05, 3.63) is 46.1 Å². The number of benzene rings is 1. The third-order valence-corrected chi connectivity index (χ3v) is 3.34. The Bertz CT molecular complexity index is 810. The zero-order chi connectivity index (χ0) is 16.1. The number of nitriles is 2. The number of nitrogen functional groups attached to an aromatic ring is 1. The van der Waals surface area contributed by atoms with Crippen molar-refractivity contribution < 1.29 is 5.11 Å². The number of hydrogen-bond donors (Lipinski definition) is 2. The zero-order valence-corrected chi connectivity index (χ0v) is 12.2. The average molecular weight is 314 g/mol. The summed E-state index contributed by atoms with van der Waals surface area (Å²) in [7, 11) is 0. The highest BCUT2D eigenvalue weighted by Gasteiger charge is 2.18. The maximum atomic E-state index is 9.37. The zero-order valence-electron chi connectivity index (χ0n) is 11.5. The smallest absolute Gasteiger partial charge is 0.140 e. The number of halogens is 1. The first kappa shape index (κ1) is 15.6. The summed E-state index contributed by atoms with van der Waals surface area (Å²) in [5.74, 6) is 0.117. The summed E-state index contributed by atoms with van der Waals surface area (Å²) < 4.78 is 1.30. The number of nitrogens with two attached hydrogens (primary N) is 1. The van der Waals surface area contributed by atoms with Crippen molar-refractivity contribution in [3.63, 3.8) is 0 Å². The van der Waals surface area contributed by atoms with Gasteiger partial charge in [0.25, 0.3) is 0 Å². The summed E-state index contributed by atoms with van der Waals surface area (Å²) in [4.78, 5) is 0. The summed E-state index contributed by atoms with van der Waals surface area (Å²) in [6.07, 6.45) is 1.55. The first-order chi connectivity index (χ1) is 10.6. The maximum Gasteiger partial charge on any atom is 0.140 e. The fourth-order valence-electron chi connectivity index (χ4n) is 1.94. The van der Waals surface area contributed by atoms with Crippen molar-refractivity contribution in [1.82, 2.24) is 9.78 Å². The van der Waals surface area contributed by atoms with Crippen LogP contribution in [0, 0.1) is 22.7 Å². The third kappa shape index (κ3) is 2.94. The molecule has 3 N–H and O–H groups in total. The largest absolute Gasteiger partial charge is 0.394 e. The van der Waals surface area contributed by atoms with Gasteiger partial charge in [-0.25, -0.2) is 4.68 Å². The van der Waals surface area contributed by atoms with Gasteiger partial charge in [0.2, 0.25) is 0 Å². The minimum atomic E-state index is -0.174. The van der Waals surface area contributed by atoms with Crippen LogP contribution in [0.4, 0.5) is 5.82 Å². The molecule has 0 aliphatic rings. The lowest BCUT2D eigenvalue weighted by molar-refractivity contribution is 0.270. The molecule has 1 heterocycles. The van der Waals surface area contributed by atoms with E-state index in [1.807, 2.05) is 12.1 Å². The van der Waals surface area contributed by atoms with Crippen LogP contribution in [0.5, 0.6) is 0 Å². The number of allylic oxidation sites excluding steroid dienone is 1. The molecule has 0 atom stereocenters. The molecule has 1 aromatic heterocycles. The van der Waals surface area contributed by atoms with E-state index < -0.39 is 0 Å². The predicted molar refractivity (Wildman–Crippen MR) is 83.4 cm³/mol. The van der Waals surface area contributed by atoms with Gasteiger partial charge < -0.3 is 10.8 Å². The van der Waals surface area contributed by atoms with Crippen molar-refractivity contribution in [2.75, 3.05) is 12.3 Å². The van der Waals surface area contributed by atoms with Gasteiger partial charge >= 0.3 is 0 Å². The highest BCUT2D eigenvalue weighted by molar-refractivity contribution is 6.32. The molecule has 0 amide bonds. The standard InChI is InChI=1S/C15H12ClN5O/c16-13-4-2-1-3-10(13)7-11(8-17)14-12(9-18)15(19)21(20-14)5-6-22/h1-4,7,22H,5-6,19H2. The third-order valence-electron chi connectivity index (χ3n) is 3.00. The maximum absolute atomic E-state index is 9.37. The fraction of sp³-hybridized carbons (Fsp3) is 0.133. The van der Waals surface area contributed by atoms with Gasteiger partial charge in [0.05, 0.1) is 18.7 Å². The van der Waals surface area contributed by atoms with Gasteiger partial charge in [-0.05, 0) is 17.7 Å². The Hall–Kier alpha value is -2.80. The Kier molecular flexibility index (Phi) is 4.80. The summed E-state index contributed by atoms with van der Waals surface area (Å²) in [6, 6.07) is 11.0. The van der Waals surface area contributed by atoms with Crippen molar-refractivity contribution in [1.29, 1.82) is 10.5 Å². The topological polar surface area (TPSA) is 112 Å². The van der Waals surface area contributed by atoms with Crippen LogP contribution < -0.4 is 5.73 Å². The minimum absolute atomic E-state index is 0.105. The van der Waals surface area contributed by atoms with E-state index in [4.69, 9.17) is 22.4 Å². The van der Waals surface area contributed by atoms with Crippen LogP contribution in [0.3, 0.4) is 0 Å². The van der Waals surface area contributed by atoms with Gasteiger partial charge in [0.1, 0.15) is 29.2 Å². The number of hydrogen-bond acceptors (Lipinski definition) is 5. The molecule has 0 aliphatic heterocycles. The molecule has 0 saturated heterocycles. The van der Waals surface area contributed by atoms with Gasteiger partial charge in [-0.2, -0.15) is 15.6 Å². The molecule has 2 rings (SSSR count). The molecule has 0 bridgehead atoms. The van der Waals surface area contributed by atoms with E-state index in [1.54, 1.807) is 30.3 Å². The van der Waals surface area contributed by atoms with Crippen LogP contribution in [0.1, 0.15) is 16.8 Å². The fourth-order valence-corrected chi connectivity index (χ4v) is 2.13. The molecule has 110 valence electrons. The summed E-state index contributed by atoms with van der Waals surface area (Å²) in [5, 5.41) is 32.2. The van der Waals surface area contributed by atoms with E-state index in [0.717, 1.165) is 0 Å². The second-order valence-electron chi connectivity index (χ2n) is 4.36. The molecule has 0 spiro atoms. The molecule has 0 fully saturated rings. The molecule has 0 aliphatic carbocycles. The van der Waals surface area contributed by atoms with Crippen LogP contribution in [0.2, 0.25) is 5.02 Å². The second-order valence-corrected chi connectivity index (χ2v) is 4.77. The molecule has 1 aromatic carbocycles. The van der Waals surface area contributed by atoms with Crippen LogP contribution in [0.25, 0.3) is 11.6 Å². The lowest BCUT2D eigenvalue weighted by atomic mass is 10.1. The first-order valence-corrected chi connectivity index (χ1v) is 6.74. The summed E-state index contributed by atoms with van der Waals surface area (Å²) in [5.41, 5.74) is 6.92. The Morgan fingerprint density at radius 2 is 2.14 bits per heavy atom. The Morgan fingerprint density at radius 3 is 2.73 bits per heavy atom. The molecule has 0 unspecified atom stereocenters. The number of aromatic nitrogens is 2. The SMILES string of the molecule is N#CC(=Cc1ccccc1Cl)c1nn(CCO)c(N)c1C#N. The van der Waals surface area contributed by atoms with E-state index >= 15 is 0 Å². The van der Waals surface area contributed by atoms with Gasteiger partial charge in [-0.1, -0.05) is 29.8 Å². The van der Waals surface area contributed by atoms with Crippen molar-refractivity contribution in [3.8, 4) is 12.1 Å². The average Bonchev–Trinajstić information content (AvgIpc) is 2.83. The number of anilines is 1. The van der Waals surface area contributed by atoms with E-state index in [0.29, 0.717) is 10.6 Å². The molecule has 0 radical (unpaired) electrons. The van der Waals surface area contributed by atoms with E-state index in [-0.39, 0.29) is 35.8 Å². The predicted octanol–water partition coefficient (Wildman–Crippen LogP) is 2.05. The molecule has 6 nitrogen and oxygen atoms in total. The van der Waals surface area contributed by atoms with Gasteiger partial charge in [-0.3, -0.25) is 0 Å². The first-order valence-electron chi connectivity index (χ1n) is 6.36. The lowest BCUT2D eigenvalue weighted by Crippen LogP contribution is -2.07. The number of aliphatic hydroxyl groups is 1. The minimum Gasteiger partial charge on any atom is -0.394 e. The van der Waals surface area contributed by atoms with Crippen LogP contribution in [-0.4, -0.2) is 21.5 Å². The lowest BCUT2D eigenvalue weighted by Gasteiger charge is -1.99. The molecule has 0 saturated carbocycles. The summed E-state index contributed by atoms with van der Waals surface area (Å²) in [6.45, 7) is -0.0301. The van der Waals surface area contributed by atoms with E-state index in [2.05, 4.69) is 5.10 Å². The van der Waals surface area contributed by atoms with Crippen LogP contribution >= 0.6 is 11.6 Å². The number of aliphatic hydroxyl groups excluding tert-OH is 1. The highest BCUT2D eigenvalue weighted by Crippen LogP contribution is 2.26. The molecule has 2 aromatic rings. The van der Waals surface area contributed by atoms with Gasteiger partial charge in [0.15, 0.2) is 0 Å². The van der Waals surface area contributed by atoms with Crippen molar-refractivity contribution in [2.45, 2.75) is 6.54 Å². The van der Waals surface area contributed by atoms with Crippen LogP contribution in [0.15, 0.2) is 24.3 Å². The molecule has 22 heavy (non-hydrogen) atoms. The highest BCUT2D eigenvalue weighted by atomic mass is 35.5. The Balaban J connectivity index is 2.58. The van der Waals surface area contributed by atoms with E-state index in [9.17, 15) is 10.5 Å². The monoisotopic (exact) mass is 313 g/mol. The van der Waals surface area contributed by atoms with Gasteiger partial charge in [0, 0.05) is 5.02 Å². The Labute approximate surface area is 132 Å². The van der Waals surface area contributed by atoms with Crippen LogP contribution in [-0.2, 0) is 6.54 Å². The normalized spacial score (nSPS) is 11.0.